The molecule has 0 amide bonds. The van der Waals surface area contributed by atoms with Crippen LogP contribution in [0.15, 0.2) is 85.2 Å². The van der Waals surface area contributed by atoms with Gasteiger partial charge in [-0.25, -0.2) is 4.39 Å². The van der Waals surface area contributed by atoms with Gasteiger partial charge in [-0.15, -0.1) is 0 Å². The van der Waals surface area contributed by atoms with Crippen LogP contribution in [0.3, 0.4) is 0 Å². The molecule has 2 atom stereocenters. The van der Waals surface area contributed by atoms with Crippen molar-refractivity contribution in [3.8, 4) is 28.3 Å². The van der Waals surface area contributed by atoms with E-state index in [1.807, 2.05) is 6.07 Å². The predicted molar refractivity (Wildman–Crippen MR) is 195 cm³/mol. The summed E-state index contributed by atoms with van der Waals surface area (Å²) in [5.41, 5.74) is 9.18. The summed E-state index contributed by atoms with van der Waals surface area (Å²) < 4.78 is 26.7. The van der Waals surface area contributed by atoms with Gasteiger partial charge in [-0.1, -0.05) is 65.3 Å². The second-order valence-corrected chi connectivity index (χ2v) is 14.6. The van der Waals surface area contributed by atoms with Crippen LogP contribution in [0, 0.1) is 12.7 Å². The number of hydrogen-bond acceptors (Lipinski definition) is 1. The van der Waals surface area contributed by atoms with E-state index in [1.165, 1.54) is 38.7 Å². The number of pyridine rings is 2. The van der Waals surface area contributed by atoms with E-state index in [2.05, 4.69) is 137 Å². The third-order valence-electron chi connectivity index (χ3n) is 12.0. The van der Waals surface area contributed by atoms with E-state index >= 15 is 4.39 Å². The van der Waals surface area contributed by atoms with Gasteiger partial charge in [0.25, 0.3) is 0 Å². The number of ether oxygens (including phenoxy) is 1. The smallest absolute Gasteiger partial charge is 0.222 e. The van der Waals surface area contributed by atoms with Crippen LogP contribution in [0.2, 0.25) is 0 Å². The highest BCUT2D eigenvalue weighted by Gasteiger charge is 2.61. The number of methoxy groups -OCH3 is 1. The minimum atomic E-state index is -0.469. The molecular formula is C44H49FN2O+2. The van der Waals surface area contributed by atoms with E-state index in [-0.39, 0.29) is 11.2 Å². The van der Waals surface area contributed by atoms with Crippen molar-refractivity contribution in [1.82, 2.24) is 0 Å². The molecular weight excluding hydrogens is 591 g/mol. The topological polar surface area (TPSA) is 17.0 Å². The summed E-state index contributed by atoms with van der Waals surface area (Å²) >= 11 is 0. The van der Waals surface area contributed by atoms with Gasteiger partial charge in [0.2, 0.25) is 16.9 Å². The van der Waals surface area contributed by atoms with E-state index in [0.717, 1.165) is 60.2 Å². The molecule has 2 unspecified atom stereocenters. The van der Waals surface area contributed by atoms with Gasteiger partial charge in [-0.2, -0.15) is 9.13 Å². The molecule has 0 fully saturated rings. The first-order chi connectivity index (χ1) is 23.1. The summed E-state index contributed by atoms with van der Waals surface area (Å²) in [5, 5.41) is 2.60. The van der Waals surface area contributed by atoms with Crippen molar-refractivity contribution in [2.75, 3.05) is 7.11 Å². The third kappa shape index (κ3) is 4.37. The van der Waals surface area contributed by atoms with Crippen molar-refractivity contribution < 1.29 is 18.3 Å². The van der Waals surface area contributed by atoms with E-state index < -0.39 is 11.0 Å². The van der Waals surface area contributed by atoms with Crippen molar-refractivity contribution in [1.29, 1.82) is 0 Å². The standard InChI is InChI=1S/C44H49FN2O/c1-9-12-15-30-18-20-34-38-32(30)23-26-47-41(38)39-35(21-22-36(45)40(39)42(34,5)6)43(7,10-2)44(47,11-3)24-27-46-25-14-13-16-37(46)33-28-31(48-8)19-17-29(33)4/h13-14,16-28H,9-12,15H2,1-8H3/q+2. The molecule has 7 rings (SSSR count). The highest BCUT2D eigenvalue weighted by molar-refractivity contribution is 6.03. The number of rotatable bonds is 9. The molecule has 3 aromatic carbocycles. The molecule has 5 aromatic rings. The number of unbranched alkanes of at least 4 members (excludes halogenated alkanes) is 1. The van der Waals surface area contributed by atoms with Gasteiger partial charge in [-0.05, 0) is 85.0 Å². The zero-order valence-corrected chi connectivity index (χ0v) is 29.9. The van der Waals surface area contributed by atoms with Crippen molar-refractivity contribution in [3.63, 3.8) is 0 Å². The number of benzene rings is 3. The second-order valence-electron chi connectivity index (χ2n) is 14.6. The molecule has 2 aromatic heterocycles. The average molecular weight is 641 g/mol. The van der Waals surface area contributed by atoms with Gasteiger partial charge >= 0.3 is 0 Å². The van der Waals surface area contributed by atoms with Gasteiger partial charge in [0.15, 0.2) is 18.6 Å². The molecule has 3 nitrogen and oxygen atoms in total. The minimum Gasteiger partial charge on any atom is -0.497 e. The van der Waals surface area contributed by atoms with E-state index in [0.29, 0.717) is 0 Å². The average Bonchev–Trinajstić information content (AvgIpc) is 3.10. The summed E-state index contributed by atoms with van der Waals surface area (Å²) in [4.78, 5) is 0. The Morgan fingerprint density at radius 1 is 0.875 bits per heavy atom. The van der Waals surface area contributed by atoms with Crippen molar-refractivity contribution in [2.24, 2.45) is 0 Å². The molecule has 0 saturated heterocycles. The molecule has 1 aliphatic heterocycles. The van der Waals surface area contributed by atoms with E-state index in [4.69, 9.17) is 4.74 Å². The van der Waals surface area contributed by atoms with Crippen LogP contribution < -0.4 is 13.9 Å². The molecule has 0 radical (unpaired) electrons. The molecule has 48 heavy (non-hydrogen) atoms. The first kappa shape index (κ1) is 32.2. The molecule has 2 aliphatic rings. The van der Waals surface area contributed by atoms with E-state index in [1.54, 1.807) is 13.2 Å². The van der Waals surface area contributed by atoms with E-state index in [9.17, 15) is 0 Å². The Morgan fingerprint density at radius 2 is 1.67 bits per heavy atom. The zero-order valence-electron chi connectivity index (χ0n) is 29.9. The first-order valence-electron chi connectivity index (χ1n) is 17.8. The lowest BCUT2D eigenvalue weighted by Gasteiger charge is -2.49. The number of aromatic nitrogens is 2. The molecule has 3 heterocycles. The molecule has 0 N–H and O–H groups in total. The molecule has 1 aliphatic carbocycles. The molecule has 4 heteroatoms. The first-order valence-corrected chi connectivity index (χ1v) is 17.8. The Labute approximate surface area is 285 Å². The summed E-state index contributed by atoms with van der Waals surface area (Å²) in [5.74, 6) is 0.729. The summed E-state index contributed by atoms with van der Waals surface area (Å²) in [7, 11) is 1.72. The quantitative estimate of drug-likeness (QED) is 0.147. The van der Waals surface area contributed by atoms with Gasteiger partial charge in [-0.3, -0.25) is 0 Å². The normalized spacial score (nSPS) is 20.4. The Bertz CT molecular complexity index is 2110. The Kier molecular flexibility index (Phi) is 7.85. The molecule has 0 saturated carbocycles. The van der Waals surface area contributed by atoms with Crippen LogP contribution in [-0.2, 0) is 22.8 Å². The fourth-order valence-electron chi connectivity index (χ4n) is 9.13. The summed E-state index contributed by atoms with van der Waals surface area (Å²) in [6, 6.07) is 23.4. The fraction of sp³-hybridized carbons (Fsp3) is 0.364. The second kappa shape index (κ2) is 11.7. The zero-order chi connectivity index (χ0) is 34.0. The molecule has 0 spiro atoms. The predicted octanol–water partition coefficient (Wildman–Crippen LogP) is 10.1. The van der Waals surface area contributed by atoms with Crippen LogP contribution in [-0.4, -0.2) is 7.11 Å². The number of allylic oxidation sites excluding steroid dienone is 1. The number of aryl methyl sites for hydroxylation is 2. The Morgan fingerprint density at radius 3 is 2.40 bits per heavy atom. The highest BCUT2D eigenvalue weighted by atomic mass is 19.1. The van der Waals surface area contributed by atoms with Gasteiger partial charge in [0.05, 0.1) is 35.1 Å². The SMILES string of the molecule is CCCCc1ccc2c3c4[n+](ccc13)C(C=C[n+]1ccccc1-c1cc(OC)ccc1C)(CC)C(C)(CC)c1ccc(F)c(c1-4)C2(C)C. The van der Waals surface area contributed by atoms with Crippen molar-refractivity contribution >= 4 is 17.0 Å². The largest absolute Gasteiger partial charge is 0.497 e. The summed E-state index contributed by atoms with van der Waals surface area (Å²) in [6.07, 6.45) is 14.3. The number of nitrogens with zero attached hydrogens (tertiary/aromatic N) is 2. The third-order valence-corrected chi connectivity index (χ3v) is 12.0. The minimum absolute atomic E-state index is 0.112. The molecule has 0 bridgehead atoms. The Hall–Kier alpha value is -4.31. The van der Waals surface area contributed by atoms with Crippen LogP contribution in [0.25, 0.3) is 39.5 Å². The monoisotopic (exact) mass is 640 g/mol. The lowest BCUT2D eigenvalue weighted by Crippen LogP contribution is -2.69. The van der Waals surface area contributed by atoms with Crippen molar-refractivity contribution in [2.45, 2.75) is 96.9 Å². The maximum atomic E-state index is 16.3. The van der Waals surface area contributed by atoms with Gasteiger partial charge in [0.1, 0.15) is 11.6 Å². The van der Waals surface area contributed by atoms with Gasteiger partial charge < -0.3 is 4.74 Å². The highest BCUT2D eigenvalue weighted by Crippen LogP contribution is 2.58. The summed E-state index contributed by atoms with van der Waals surface area (Å²) in [6.45, 7) is 15.8. The fourth-order valence-corrected chi connectivity index (χ4v) is 9.13. The van der Waals surface area contributed by atoms with Crippen LogP contribution in [0.5, 0.6) is 5.75 Å². The van der Waals surface area contributed by atoms with Crippen LogP contribution in [0.4, 0.5) is 4.39 Å². The van der Waals surface area contributed by atoms with Crippen LogP contribution in [0.1, 0.15) is 95.0 Å². The lowest BCUT2D eigenvalue weighted by atomic mass is 9.56. The van der Waals surface area contributed by atoms with Gasteiger partial charge in [0, 0.05) is 35.6 Å². The number of halogens is 1. The maximum Gasteiger partial charge on any atom is 0.222 e. The lowest BCUT2D eigenvalue weighted by molar-refractivity contribution is -0.755. The Balaban J connectivity index is 1.55. The molecule has 246 valence electrons. The number of hydrogen-bond donors (Lipinski definition) is 0. The maximum absolute atomic E-state index is 16.3. The van der Waals surface area contributed by atoms with Crippen LogP contribution >= 0.6 is 0 Å². The van der Waals surface area contributed by atoms with Crippen molar-refractivity contribution in [3.05, 3.63) is 119 Å².